The molecule has 142 valence electrons. The first-order valence-electron chi connectivity index (χ1n) is 9.39. The monoisotopic (exact) mass is 375 g/mol. The molecule has 0 saturated heterocycles. The number of hydrogen-bond donors (Lipinski definition) is 1. The van der Waals surface area contributed by atoms with E-state index in [9.17, 15) is 14.7 Å². The third-order valence-corrected chi connectivity index (χ3v) is 5.16. The molecule has 0 atom stereocenters. The highest BCUT2D eigenvalue weighted by Gasteiger charge is 2.24. The molecule has 0 fully saturated rings. The molecule has 0 amide bonds. The lowest BCUT2D eigenvalue weighted by molar-refractivity contribution is 0.0695. The van der Waals surface area contributed by atoms with Gasteiger partial charge in [0.1, 0.15) is 12.4 Å². The smallest absolute Gasteiger partial charge is 0.337 e. The van der Waals surface area contributed by atoms with Crippen LogP contribution in [0.5, 0.6) is 5.75 Å². The number of carbonyl (C=O) groups excluding carboxylic acids is 1. The number of rotatable bonds is 6. The van der Waals surface area contributed by atoms with Gasteiger partial charge in [-0.15, -0.1) is 0 Å². The van der Waals surface area contributed by atoms with Crippen molar-refractivity contribution >= 4 is 12.3 Å². The van der Waals surface area contributed by atoms with Crippen molar-refractivity contribution in [2.75, 3.05) is 0 Å². The molecular formula is C23H21NO4. The van der Waals surface area contributed by atoms with E-state index >= 15 is 0 Å². The predicted octanol–water partition coefficient (Wildman–Crippen LogP) is 4.58. The van der Waals surface area contributed by atoms with Gasteiger partial charge in [0, 0.05) is 29.1 Å². The van der Waals surface area contributed by atoms with Gasteiger partial charge in [0.2, 0.25) is 0 Å². The average molecular weight is 375 g/mol. The van der Waals surface area contributed by atoms with Crippen LogP contribution in [0.25, 0.3) is 11.3 Å². The lowest BCUT2D eigenvalue weighted by Crippen LogP contribution is -2.13. The van der Waals surface area contributed by atoms with Crippen LogP contribution in [0.1, 0.15) is 44.8 Å². The summed E-state index contributed by atoms with van der Waals surface area (Å²) < 4.78 is 7.86. The predicted molar refractivity (Wildman–Crippen MR) is 106 cm³/mol. The third kappa shape index (κ3) is 3.43. The highest BCUT2D eigenvalue weighted by molar-refractivity contribution is 5.94. The largest absolute Gasteiger partial charge is 0.489 e. The first-order chi connectivity index (χ1) is 13.7. The summed E-state index contributed by atoms with van der Waals surface area (Å²) in [5.41, 5.74) is 4.23. The molecule has 5 nitrogen and oxygen atoms in total. The van der Waals surface area contributed by atoms with Crippen molar-refractivity contribution in [2.45, 2.75) is 32.4 Å². The number of carboxylic acids is 1. The SMILES string of the molecule is O=Cc1cc(OCc2ccccc2)ccc1-c1cc(C(=O)O)c2n1CCCC2. The Morgan fingerprint density at radius 2 is 1.93 bits per heavy atom. The number of fused-ring (bicyclic) bond motifs is 1. The van der Waals surface area contributed by atoms with Gasteiger partial charge in [-0.3, -0.25) is 4.79 Å². The van der Waals surface area contributed by atoms with Gasteiger partial charge < -0.3 is 14.4 Å². The zero-order valence-electron chi connectivity index (χ0n) is 15.4. The molecule has 0 spiro atoms. The number of aldehydes is 1. The van der Waals surface area contributed by atoms with Gasteiger partial charge in [0.05, 0.1) is 5.56 Å². The van der Waals surface area contributed by atoms with Crippen molar-refractivity contribution in [3.05, 3.63) is 77.0 Å². The van der Waals surface area contributed by atoms with Gasteiger partial charge >= 0.3 is 5.97 Å². The van der Waals surface area contributed by atoms with Crippen LogP contribution in [-0.4, -0.2) is 21.9 Å². The van der Waals surface area contributed by atoms with Gasteiger partial charge in [-0.2, -0.15) is 0 Å². The molecule has 0 aliphatic carbocycles. The van der Waals surface area contributed by atoms with Crippen molar-refractivity contribution < 1.29 is 19.4 Å². The van der Waals surface area contributed by atoms with Crippen molar-refractivity contribution in [1.29, 1.82) is 0 Å². The molecule has 1 aliphatic rings. The summed E-state index contributed by atoms with van der Waals surface area (Å²) in [4.78, 5) is 23.4. The van der Waals surface area contributed by atoms with E-state index in [-0.39, 0.29) is 0 Å². The minimum Gasteiger partial charge on any atom is -0.489 e. The summed E-state index contributed by atoms with van der Waals surface area (Å²) in [5, 5.41) is 9.55. The summed E-state index contributed by atoms with van der Waals surface area (Å²) in [6.45, 7) is 1.19. The van der Waals surface area contributed by atoms with Crippen LogP contribution in [0.3, 0.4) is 0 Å². The molecule has 0 unspecified atom stereocenters. The van der Waals surface area contributed by atoms with E-state index in [1.165, 1.54) is 0 Å². The van der Waals surface area contributed by atoms with Gasteiger partial charge in [0.15, 0.2) is 6.29 Å². The van der Waals surface area contributed by atoms with E-state index in [2.05, 4.69) is 0 Å². The Hall–Kier alpha value is -3.34. The molecule has 4 rings (SSSR count). The maximum atomic E-state index is 11.8. The number of carboxylic acid groups (broad SMARTS) is 1. The summed E-state index contributed by atoms with van der Waals surface area (Å²) in [7, 11) is 0. The Balaban J connectivity index is 1.67. The molecule has 0 radical (unpaired) electrons. The maximum absolute atomic E-state index is 11.8. The molecular weight excluding hydrogens is 354 g/mol. The fraction of sp³-hybridized carbons (Fsp3) is 0.217. The first kappa shape index (κ1) is 18.0. The van der Waals surface area contributed by atoms with Crippen LogP contribution >= 0.6 is 0 Å². The standard InChI is InChI=1S/C23H21NO4/c25-14-17-12-18(28-15-16-6-2-1-3-7-16)9-10-19(17)22-13-20(23(26)27)21-8-4-5-11-24(21)22/h1-3,6-7,9-10,12-14H,4-5,8,11,15H2,(H,26,27). The van der Waals surface area contributed by atoms with Crippen LogP contribution in [0, 0.1) is 0 Å². The highest BCUT2D eigenvalue weighted by Crippen LogP contribution is 2.33. The number of benzene rings is 2. The summed E-state index contributed by atoms with van der Waals surface area (Å²) in [6, 6.07) is 16.9. The van der Waals surface area contributed by atoms with Gasteiger partial charge in [-0.05, 0) is 49.1 Å². The van der Waals surface area contributed by atoms with E-state index in [1.807, 2.05) is 47.0 Å². The molecule has 28 heavy (non-hydrogen) atoms. The van der Waals surface area contributed by atoms with E-state index in [0.29, 0.717) is 23.5 Å². The molecule has 2 heterocycles. The number of aromatic carboxylic acids is 1. The number of hydrogen-bond acceptors (Lipinski definition) is 3. The Morgan fingerprint density at radius 1 is 1.11 bits per heavy atom. The zero-order chi connectivity index (χ0) is 19.5. The summed E-state index contributed by atoms with van der Waals surface area (Å²) >= 11 is 0. The topological polar surface area (TPSA) is 68.5 Å². The molecule has 3 aromatic rings. The second-order valence-electron chi connectivity index (χ2n) is 6.95. The van der Waals surface area contributed by atoms with Crippen LogP contribution in [0.4, 0.5) is 0 Å². The van der Waals surface area contributed by atoms with E-state index in [1.54, 1.807) is 12.1 Å². The fourth-order valence-corrected chi connectivity index (χ4v) is 3.79. The van der Waals surface area contributed by atoms with Gasteiger partial charge in [-0.25, -0.2) is 4.79 Å². The molecule has 0 saturated carbocycles. The Bertz CT molecular complexity index is 1020. The van der Waals surface area contributed by atoms with Crippen molar-refractivity contribution in [3.63, 3.8) is 0 Å². The molecule has 2 aromatic carbocycles. The highest BCUT2D eigenvalue weighted by atomic mass is 16.5. The Morgan fingerprint density at radius 3 is 2.68 bits per heavy atom. The second kappa shape index (κ2) is 7.72. The van der Waals surface area contributed by atoms with E-state index < -0.39 is 5.97 Å². The number of carbonyl (C=O) groups is 2. The number of aromatic nitrogens is 1. The molecule has 0 bridgehead atoms. The van der Waals surface area contributed by atoms with Crippen LogP contribution in [-0.2, 0) is 19.6 Å². The van der Waals surface area contributed by atoms with Crippen molar-refractivity contribution in [2.24, 2.45) is 0 Å². The van der Waals surface area contributed by atoms with Crippen molar-refractivity contribution in [3.8, 4) is 17.0 Å². The van der Waals surface area contributed by atoms with Crippen LogP contribution in [0.2, 0.25) is 0 Å². The normalized spacial score (nSPS) is 13.0. The minimum atomic E-state index is -0.924. The minimum absolute atomic E-state index is 0.330. The van der Waals surface area contributed by atoms with Crippen LogP contribution in [0.15, 0.2) is 54.6 Å². The fourth-order valence-electron chi connectivity index (χ4n) is 3.79. The third-order valence-electron chi connectivity index (χ3n) is 5.16. The number of nitrogens with zero attached hydrogens (tertiary/aromatic N) is 1. The average Bonchev–Trinajstić information content (AvgIpc) is 3.12. The second-order valence-corrected chi connectivity index (χ2v) is 6.95. The van der Waals surface area contributed by atoms with Gasteiger partial charge in [-0.1, -0.05) is 30.3 Å². The summed E-state index contributed by atoms with van der Waals surface area (Å²) in [5.74, 6) is -0.314. The van der Waals surface area contributed by atoms with Gasteiger partial charge in [0.25, 0.3) is 0 Å². The first-order valence-corrected chi connectivity index (χ1v) is 9.39. The van der Waals surface area contributed by atoms with Crippen molar-refractivity contribution in [1.82, 2.24) is 4.57 Å². The maximum Gasteiger partial charge on any atom is 0.337 e. The van der Waals surface area contributed by atoms with E-state index in [0.717, 1.165) is 54.6 Å². The Kier molecular flexibility index (Phi) is 4.98. The lowest BCUT2D eigenvalue weighted by atomic mass is 10.0. The summed E-state index contributed by atoms with van der Waals surface area (Å²) in [6.07, 6.45) is 3.53. The number of ether oxygens (including phenoxy) is 1. The zero-order valence-corrected chi connectivity index (χ0v) is 15.4. The quantitative estimate of drug-likeness (QED) is 0.640. The van der Waals surface area contributed by atoms with Crippen LogP contribution < -0.4 is 4.74 Å². The molecule has 1 N–H and O–H groups in total. The molecule has 1 aliphatic heterocycles. The lowest BCUT2D eigenvalue weighted by Gasteiger charge is -2.19. The molecule has 5 heteroatoms. The Labute approximate surface area is 163 Å². The molecule has 1 aromatic heterocycles. The van der Waals surface area contributed by atoms with E-state index in [4.69, 9.17) is 4.74 Å².